The van der Waals surface area contributed by atoms with E-state index in [1.54, 1.807) is 24.3 Å². The van der Waals surface area contributed by atoms with Crippen molar-refractivity contribution in [2.45, 2.75) is 19.4 Å². The summed E-state index contributed by atoms with van der Waals surface area (Å²) in [6, 6.07) is 12.4. The molecule has 156 valence electrons. The third kappa shape index (κ3) is 3.87. The van der Waals surface area contributed by atoms with E-state index in [0.717, 1.165) is 16.8 Å². The zero-order chi connectivity index (χ0) is 21.4. The van der Waals surface area contributed by atoms with Crippen LogP contribution in [0.25, 0.3) is 11.3 Å². The van der Waals surface area contributed by atoms with Crippen molar-refractivity contribution in [2.24, 2.45) is 0 Å². The van der Waals surface area contributed by atoms with Gasteiger partial charge in [0.05, 0.1) is 12.2 Å². The molecule has 2 aromatic carbocycles. The van der Waals surface area contributed by atoms with Gasteiger partial charge in [0.1, 0.15) is 0 Å². The van der Waals surface area contributed by atoms with E-state index in [-0.39, 0.29) is 43.9 Å². The maximum Gasteiger partial charge on any atom is 0.257 e. The summed E-state index contributed by atoms with van der Waals surface area (Å²) in [7, 11) is 0. The van der Waals surface area contributed by atoms with Crippen LogP contribution in [0.3, 0.4) is 0 Å². The molecule has 2 aliphatic rings. The van der Waals surface area contributed by atoms with E-state index in [9.17, 15) is 14.4 Å². The van der Waals surface area contributed by atoms with Gasteiger partial charge in [-0.1, -0.05) is 12.1 Å². The van der Waals surface area contributed by atoms with Crippen LogP contribution in [0, 0.1) is 0 Å². The molecular weight excluding hydrogens is 418 g/mol. The van der Waals surface area contributed by atoms with E-state index >= 15 is 0 Å². The maximum atomic E-state index is 12.6. The van der Waals surface area contributed by atoms with E-state index in [1.807, 2.05) is 23.6 Å². The van der Waals surface area contributed by atoms with Crippen molar-refractivity contribution >= 4 is 34.2 Å². The molecule has 3 aromatic rings. The SMILES string of the molecule is O=C(Nc1nc(-c2ccc3c(c2)OCO3)cs1)c1ccc(CN2C(=O)CCC2=O)cc1. The van der Waals surface area contributed by atoms with Gasteiger partial charge in [-0.05, 0) is 35.9 Å². The van der Waals surface area contributed by atoms with E-state index in [1.165, 1.54) is 16.2 Å². The van der Waals surface area contributed by atoms with Crippen LogP contribution >= 0.6 is 11.3 Å². The minimum atomic E-state index is -0.286. The lowest BCUT2D eigenvalue weighted by Gasteiger charge is -2.13. The number of anilines is 1. The number of thiazole rings is 1. The highest BCUT2D eigenvalue weighted by Gasteiger charge is 2.28. The predicted molar refractivity (Wildman–Crippen MR) is 113 cm³/mol. The Kier molecular flexibility index (Phi) is 4.87. The highest BCUT2D eigenvalue weighted by Crippen LogP contribution is 2.36. The predicted octanol–water partition coefficient (Wildman–Crippen LogP) is 3.44. The Morgan fingerprint density at radius 3 is 2.55 bits per heavy atom. The molecule has 0 radical (unpaired) electrons. The number of carbonyl (C=O) groups is 3. The molecule has 1 N–H and O–H groups in total. The van der Waals surface area contributed by atoms with Crippen LogP contribution in [-0.2, 0) is 16.1 Å². The van der Waals surface area contributed by atoms with Crippen molar-refractivity contribution in [3.05, 3.63) is 59.0 Å². The number of amides is 3. The fourth-order valence-electron chi connectivity index (χ4n) is 3.43. The lowest BCUT2D eigenvalue weighted by molar-refractivity contribution is -0.139. The van der Waals surface area contributed by atoms with E-state index < -0.39 is 0 Å². The van der Waals surface area contributed by atoms with Gasteiger partial charge < -0.3 is 9.47 Å². The van der Waals surface area contributed by atoms with Gasteiger partial charge >= 0.3 is 0 Å². The molecular formula is C22H17N3O5S. The number of aromatic nitrogens is 1. The largest absolute Gasteiger partial charge is 0.454 e. The van der Waals surface area contributed by atoms with Gasteiger partial charge in [-0.2, -0.15) is 0 Å². The Morgan fingerprint density at radius 1 is 1.03 bits per heavy atom. The third-order valence-electron chi connectivity index (χ3n) is 5.10. The second-order valence-corrected chi connectivity index (χ2v) is 7.99. The molecule has 1 fully saturated rings. The van der Waals surface area contributed by atoms with Crippen LogP contribution in [0.2, 0.25) is 0 Å². The average Bonchev–Trinajstić information content (AvgIpc) is 3.51. The van der Waals surface area contributed by atoms with Gasteiger partial charge in [0.25, 0.3) is 5.91 Å². The first kappa shape index (κ1) is 19.3. The number of fused-ring (bicyclic) bond motifs is 1. The van der Waals surface area contributed by atoms with Gasteiger partial charge in [-0.25, -0.2) is 4.98 Å². The molecule has 0 spiro atoms. The van der Waals surface area contributed by atoms with Gasteiger partial charge in [0, 0.05) is 29.3 Å². The molecule has 8 nitrogen and oxygen atoms in total. The van der Waals surface area contributed by atoms with Crippen molar-refractivity contribution in [1.29, 1.82) is 0 Å². The zero-order valence-electron chi connectivity index (χ0n) is 16.3. The third-order valence-corrected chi connectivity index (χ3v) is 5.86. The quantitative estimate of drug-likeness (QED) is 0.617. The second kappa shape index (κ2) is 7.84. The lowest BCUT2D eigenvalue weighted by Crippen LogP contribution is -2.28. The normalized spacial score (nSPS) is 14.9. The minimum Gasteiger partial charge on any atom is -0.454 e. The summed E-state index contributed by atoms with van der Waals surface area (Å²) >= 11 is 1.33. The lowest BCUT2D eigenvalue weighted by atomic mass is 10.1. The number of benzene rings is 2. The summed E-state index contributed by atoms with van der Waals surface area (Å²) in [4.78, 5) is 41.8. The molecule has 5 rings (SSSR count). The van der Waals surface area contributed by atoms with Crippen LogP contribution in [0.4, 0.5) is 5.13 Å². The fraction of sp³-hybridized carbons (Fsp3) is 0.182. The van der Waals surface area contributed by atoms with E-state index in [4.69, 9.17) is 9.47 Å². The Balaban J connectivity index is 1.24. The van der Waals surface area contributed by atoms with E-state index in [2.05, 4.69) is 10.3 Å². The first-order chi connectivity index (χ1) is 15.1. The molecule has 3 heterocycles. The highest BCUT2D eigenvalue weighted by atomic mass is 32.1. The topological polar surface area (TPSA) is 97.8 Å². The molecule has 9 heteroatoms. The molecule has 0 atom stereocenters. The first-order valence-corrected chi connectivity index (χ1v) is 10.5. The highest BCUT2D eigenvalue weighted by molar-refractivity contribution is 7.14. The van der Waals surface area contributed by atoms with Crippen molar-refractivity contribution < 1.29 is 23.9 Å². The van der Waals surface area contributed by atoms with Crippen molar-refractivity contribution in [3.8, 4) is 22.8 Å². The van der Waals surface area contributed by atoms with E-state index in [0.29, 0.717) is 22.2 Å². The Hall–Kier alpha value is -3.72. The molecule has 0 aliphatic carbocycles. The van der Waals surface area contributed by atoms with Gasteiger partial charge in [0.2, 0.25) is 18.6 Å². The molecule has 3 amide bonds. The monoisotopic (exact) mass is 435 g/mol. The smallest absolute Gasteiger partial charge is 0.257 e. The molecule has 1 saturated heterocycles. The van der Waals surface area contributed by atoms with Gasteiger partial charge in [-0.15, -0.1) is 11.3 Å². The second-order valence-electron chi connectivity index (χ2n) is 7.13. The fourth-order valence-corrected chi connectivity index (χ4v) is 4.15. The zero-order valence-corrected chi connectivity index (χ0v) is 17.1. The molecule has 0 unspecified atom stereocenters. The molecule has 0 saturated carbocycles. The van der Waals surface area contributed by atoms with Crippen LogP contribution in [0.15, 0.2) is 47.8 Å². The number of imide groups is 1. The number of ether oxygens (including phenoxy) is 2. The summed E-state index contributed by atoms with van der Waals surface area (Å²) < 4.78 is 10.7. The number of rotatable bonds is 5. The Morgan fingerprint density at radius 2 is 1.77 bits per heavy atom. The minimum absolute atomic E-state index is 0.158. The summed E-state index contributed by atoms with van der Waals surface area (Å²) in [5.41, 5.74) is 2.85. The van der Waals surface area contributed by atoms with Crippen molar-refractivity contribution in [2.75, 3.05) is 12.1 Å². The van der Waals surface area contributed by atoms with Crippen molar-refractivity contribution in [1.82, 2.24) is 9.88 Å². The number of nitrogens with one attached hydrogen (secondary N) is 1. The molecule has 2 aliphatic heterocycles. The number of likely N-dealkylation sites (tertiary alicyclic amines) is 1. The van der Waals surface area contributed by atoms with Crippen LogP contribution < -0.4 is 14.8 Å². The van der Waals surface area contributed by atoms with Crippen LogP contribution in [0.5, 0.6) is 11.5 Å². The molecule has 1 aromatic heterocycles. The first-order valence-electron chi connectivity index (χ1n) is 9.66. The molecule has 31 heavy (non-hydrogen) atoms. The van der Waals surface area contributed by atoms with Gasteiger partial charge in [-0.3, -0.25) is 24.6 Å². The van der Waals surface area contributed by atoms with Gasteiger partial charge in [0.15, 0.2) is 16.6 Å². The Bertz CT molecular complexity index is 1170. The average molecular weight is 435 g/mol. The summed E-state index contributed by atoms with van der Waals surface area (Å²) in [5.74, 6) is 0.775. The maximum absolute atomic E-state index is 12.6. The number of carbonyl (C=O) groups excluding carboxylic acids is 3. The van der Waals surface area contributed by atoms with Crippen LogP contribution in [0.1, 0.15) is 28.8 Å². The number of hydrogen-bond acceptors (Lipinski definition) is 7. The Labute approximate surface area is 181 Å². The summed E-state index contributed by atoms with van der Waals surface area (Å²) in [6.45, 7) is 0.436. The van der Waals surface area contributed by atoms with Crippen molar-refractivity contribution in [3.63, 3.8) is 0 Å². The van der Waals surface area contributed by atoms with Crippen LogP contribution in [-0.4, -0.2) is 34.4 Å². The number of hydrogen-bond donors (Lipinski definition) is 1. The standard InChI is InChI=1S/C22H17N3O5S/c26-19-7-8-20(27)25(19)10-13-1-3-14(4-2-13)21(28)24-22-23-16(11-31-22)15-5-6-17-18(9-15)30-12-29-17/h1-6,9,11H,7-8,10,12H2,(H,23,24,28). The molecule has 0 bridgehead atoms. The summed E-state index contributed by atoms with van der Waals surface area (Å²) in [6.07, 6.45) is 0.531. The number of nitrogens with zero attached hydrogens (tertiary/aromatic N) is 2. The summed E-state index contributed by atoms with van der Waals surface area (Å²) in [5, 5.41) is 5.14.